The van der Waals surface area contributed by atoms with Crippen molar-refractivity contribution in [2.75, 3.05) is 13.2 Å². The van der Waals surface area contributed by atoms with E-state index in [1.54, 1.807) is 0 Å². The largest absolute Gasteiger partial charge is 0.377 e. The van der Waals surface area contributed by atoms with Crippen LogP contribution in [0.4, 0.5) is 0 Å². The predicted molar refractivity (Wildman–Crippen MR) is 58.4 cm³/mol. The fourth-order valence-corrected chi connectivity index (χ4v) is 2.55. The van der Waals surface area contributed by atoms with Gasteiger partial charge in [0, 0.05) is 6.04 Å². The molecule has 1 N–H and O–H groups in total. The summed E-state index contributed by atoms with van der Waals surface area (Å²) in [5.41, 5.74) is 0. The van der Waals surface area contributed by atoms with Crippen molar-refractivity contribution in [1.29, 1.82) is 0 Å². The monoisotopic (exact) mass is 197 g/mol. The van der Waals surface area contributed by atoms with Gasteiger partial charge in [0.15, 0.2) is 0 Å². The molecule has 2 heteroatoms. The number of nitrogens with one attached hydrogen (secondary N) is 1. The van der Waals surface area contributed by atoms with Crippen LogP contribution in [-0.2, 0) is 4.74 Å². The van der Waals surface area contributed by atoms with Crippen LogP contribution in [0.5, 0.6) is 0 Å². The molecular weight excluding hydrogens is 174 g/mol. The van der Waals surface area contributed by atoms with Gasteiger partial charge in [0.1, 0.15) is 0 Å². The van der Waals surface area contributed by atoms with E-state index in [2.05, 4.69) is 12.2 Å². The molecule has 1 heterocycles. The smallest absolute Gasteiger partial charge is 0.0623 e. The zero-order valence-electron chi connectivity index (χ0n) is 9.30. The van der Waals surface area contributed by atoms with Crippen molar-refractivity contribution in [3.63, 3.8) is 0 Å². The second-order valence-corrected chi connectivity index (χ2v) is 5.01. The molecule has 0 radical (unpaired) electrons. The van der Waals surface area contributed by atoms with Crippen molar-refractivity contribution >= 4 is 0 Å². The van der Waals surface area contributed by atoms with Gasteiger partial charge in [-0.1, -0.05) is 6.92 Å². The summed E-state index contributed by atoms with van der Waals surface area (Å²) in [6.45, 7) is 4.49. The van der Waals surface area contributed by atoms with Gasteiger partial charge in [-0.2, -0.15) is 0 Å². The molecule has 1 atom stereocenters. The van der Waals surface area contributed by atoms with Crippen molar-refractivity contribution < 1.29 is 4.74 Å². The molecule has 0 aromatic rings. The summed E-state index contributed by atoms with van der Waals surface area (Å²) in [6, 6.07) is 0.648. The van der Waals surface area contributed by atoms with Crippen LogP contribution in [0.3, 0.4) is 0 Å². The fraction of sp³-hybridized carbons (Fsp3) is 1.00. The first-order valence-corrected chi connectivity index (χ1v) is 6.19. The molecule has 2 nitrogen and oxygen atoms in total. The Kier molecular flexibility index (Phi) is 3.82. The maximum Gasteiger partial charge on any atom is 0.0623 e. The lowest BCUT2D eigenvalue weighted by Gasteiger charge is -2.27. The molecule has 2 aliphatic rings. The fourth-order valence-electron chi connectivity index (χ4n) is 2.55. The van der Waals surface area contributed by atoms with Gasteiger partial charge < -0.3 is 10.1 Å². The zero-order chi connectivity index (χ0) is 9.80. The van der Waals surface area contributed by atoms with Crippen molar-refractivity contribution in [2.24, 2.45) is 5.92 Å². The van der Waals surface area contributed by atoms with Crippen LogP contribution < -0.4 is 5.32 Å². The quantitative estimate of drug-likeness (QED) is 0.750. The van der Waals surface area contributed by atoms with Gasteiger partial charge in [0.2, 0.25) is 0 Å². The van der Waals surface area contributed by atoms with Crippen molar-refractivity contribution in [2.45, 2.75) is 57.6 Å². The van der Waals surface area contributed by atoms with Crippen LogP contribution >= 0.6 is 0 Å². The standard InChI is InChI=1S/C12H23NO/c1-10-4-6-12(7-5-10)14-9-11-3-2-8-13-11/h10-13H,2-9H2,1H3/t10?,11-,12?/m0/s1. The second kappa shape index (κ2) is 5.13. The molecule has 1 saturated heterocycles. The third-order valence-electron chi connectivity index (χ3n) is 3.66. The summed E-state index contributed by atoms with van der Waals surface area (Å²) in [5, 5.41) is 3.48. The Morgan fingerprint density at radius 3 is 2.57 bits per heavy atom. The molecule has 2 fully saturated rings. The Morgan fingerprint density at radius 1 is 1.14 bits per heavy atom. The maximum atomic E-state index is 5.95. The van der Waals surface area contributed by atoms with Crippen LogP contribution in [0.2, 0.25) is 0 Å². The summed E-state index contributed by atoms with van der Waals surface area (Å²) >= 11 is 0. The second-order valence-electron chi connectivity index (χ2n) is 5.01. The highest BCUT2D eigenvalue weighted by atomic mass is 16.5. The minimum absolute atomic E-state index is 0.564. The van der Waals surface area contributed by atoms with E-state index in [4.69, 9.17) is 4.74 Å². The molecule has 0 unspecified atom stereocenters. The van der Waals surface area contributed by atoms with E-state index in [0.717, 1.165) is 12.5 Å². The maximum absolute atomic E-state index is 5.95. The third-order valence-corrected chi connectivity index (χ3v) is 3.66. The lowest BCUT2D eigenvalue weighted by Crippen LogP contribution is -2.30. The molecule has 0 aromatic carbocycles. The first-order chi connectivity index (χ1) is 6.84. The van der Waals surface area contributed by atoms with Crippen LogP contribution in [0.25, 0.3) is 0 Å². The van der Waals surface area contributed by atoms with E-state index < -0.39 is 0 Å². The van der Waals surface area contributed by atoms with E-state index in [-0.39, 0.29) is 0 Å². The van der Waals surface area contributed by atoms with Gasteiger partial charge >= 0.3 is 0 Å². The van der Waals surface area contributed by atoms with E-state index in [1.165, 1.54) is 45.1 Å². The molecule has 1 aliphatic heterocycles. The van der Waals surface area contributed by atoms with Gasteiger partial charge in [-0.25, -0.2) is 0 Å². The van der Waals surface area contributed by atoms with Crippen LogP contribution in [0, 0.1) is 5.92 Å². The third kappa shape index (κ3) is 2.96. The number of rotatable bonds is 3. The van der Waals surface area contributed by atoms with Gasteiger partial charge in [-0.3, -0.25) is 0 Å². The first kappa shape index (κ1) is 10.4. The van der Waals surface area contributed by atoms with E-state index in [1.807, 2.05) is 0 Å². The van der Waals surface area contributed by atoms with Crippen LogP contribution in [-0.4, -0.2) is 25.3 Å². The molecule has 14 heavy (non-hydrogen) atoms. The molecule has 82 valence electrons. The van der Waals surface area contributed by atoms with Gasteiger partial charge in [-0.05, 0) is 51.0 Å². The minimum Gasteiger partial charge on any atom is -0.377 e. The highest BCUT2D eigenvalue weighted by molar-refractivity contribution is 4.75. The van der Waals surface area contributed by atoms with E-state index >= 15 is 0 Å². The molecule has 2 rings (SSSR count). The van der Waals surface area contributed by atoms with Gasteiger partial charge in [0.05, 0.1) is 12.7 Å². The summed E-state index contributed by atoms with van der Waals surface area (Å²) in [5.74, 6) is 0.930. The number of hydrogen-bond acceptors (Lipinski definition) is 2. The average molecular weight is 197 g/mol. The number of hydrogen-bond donors (Lipinski definition) is 1. The van der Waals surface area contributed by atoms with Crippen LogP contribution in [0.1, 0.15) is 45.4 Å². The van der Waals surface area contributed by atoms with Gasteiger partial charge in [-0.15, -0.1) is 0 Å². The Bertz CT molecular complexity index is 158. The molecule has 0 amide bonds. The SMILES string of the molecule is CC1CCC(OC[C@@H]2CCCN2)CC1. The molecule has 0 bridgehead atoms. The molecule has 1 aliphatic carbocycles. The summed E-state index contributed by atoms with van der Waals surface area (Å²) in [6.07, 6.45) is 8.50. The lowest BCUT2D eigenvalue weighted by atomic mass is 9.89. The molecule has 1 saturated carbocycles. The van der Waals surface area contributed by atoms with Gasteiger partial charge in [0.25, 0.3) is 0 Å². The highest BCUT2D eigenvalue weighted by Crippen LogP contribution is 2.25. The normalized spacial score (nSPS) is 38.8. The Hall–Kier alpha value is -0.0800. The number of ether oxygens (including phenoxy) is 1. The Balaban J connectivity index is 1.60. The summed E-state index contributed by atoms with van der Waals surface area (Å²) in [4.78, 5) is 0. The average Bonchev–Trinajstić information content (AvgIpc) is 2.70. The molecule has 0 spiro atoms. The first-order valence-electron chi connectivity index (χ1n) is 6.19. The van der Waals surface area contributed by atoms with E-state index in [0.29, 0.717) is 12.1 Å². The topological polar surface area (TPSA) is 21.3 Å². The predicted octanol–water partition coefficient (Wildman–Crippen LogP) is 2.33. The molecule has 0 aromatic heterocycles. The highest BCUT2D eigenvalue weighted by Gasteiger charge is 2.21. The van der Waals surface area contributed by atoms with Crippen molar-refractivity contribution in [3.05, 3.63) is 0 Å². The van der Waals surface area contributed by atoms with Crippen LogP contribution in [0.15, 0.2) is 0 Å². The lowest BCUT2D eigenvalue weighted by molar-refractivity contribution is 0.0105. The summed E-state index contributed by atoms with van der Waals surface area (Å²) < 4.78 is 5.95. The Morgan fingerprint density at radius 2 is 1.93 bits per heavy atom. The minimum atomic E-state index is 0.564. The zero-order valence-corrected chi connectivity index (χ0v) is 9.30. The Labute approximate surface area is 87.4 Å². The molecular formula is C12H23NO. The van der Waals surface area contributed by atoms with E-state index in [9.17, 15) is 0 Å². The summed E-state index contributed by atoms with van der Waals surface area (Å²) in [7, 11) is 0. The van der Waals surface area contributed by atoms with Crippen molar-refractivity contribution in [3.8, 4) is 0 Å². The van der Waals surface area contributed by atoms with Crippen molar-refractivity contribution in [1.82, 2.24) is 5.32 Å².